The minimum Gasteiger partial charge on any atom is -0.456 e. The Morgan fingerprint density at radius 2 is 0.983 bits per heavy atom. The number of furan rings is 1. The van der Waals surface area contributed by atoms with Crippen LogP contribution in [0.1, 0.15) is 0 Å². The molecule has 0 N–H and O–H groups in total. The van der Waals surface area contributed by atoms with Crippen molar-refractivity contribution >= 4 is 92.1 Å². The van der Waals surface area contributed by atoms with Gasteiger partial charge in [0.05, 0.1) is 10.4 Å². The highest BCUT2D eigenvalue weighted by Crippen LogP contribution is 2.47. The number of nitrogens with zero attached hydrogens (tertiary/aromatic N) is 1. The van der Waals surface area contributed by atoms with Crippen LogP contribution in [-0.4, -0.2) is 0 Å². The second kappa shape index (κ2) is 13.6. The maximum Gasteiger partial charge on any atom is 0.136 e. The van der Waals surface area contributed by atoms with E-state index in [1.54, 1.807) is 0 Å². The molecule has 2 nitrogen and oxygen atoms in total. The smallest absolute Gasteiger partial charge is 0.136 e. The minimum atomic E-state index is 0.888. The molecule has 0 amide bonds. The normalized spacial score (nSPS) is 11.7. The van der Waals surface area contributed by atoms with E-state index in [9.17, 15) is 0 Å². The molecule has 0 spiro atoms. The van der Waals surface area contributed by atoms with Crippen LogP contribution in [0, 0.1) is 0 Å². The quantitative estimate of drug-likeness (QED) is 0.157. The third-order valence-electron chi connectivity index (χ3n) is 11.8. The summed E-state index contributed by atoms with van der Waals surface area (Å²) in [5.74, 6) is 0. The predicted molar refractivity (Wildman–Crippen MR) is 253 cm³/mol. The van der Waals surface area contributed by atoms with E-state index in [-0.39, 0.29) is 0 Å². The van der Waals surface area contributed by atoms with Gasteiger partial charge >= 0.3 is 0 Å². The summed E-state index contributed by atoms with van der Waals surface area (Å²) in [6, 6.07) is 77.1. The number of para-hydroxylation sites is 1. The van der Waals surface area contributed by atoms with E-state index in [0.717, 1.165) is 55.7 Å². The predicted octanol–water partition coefficient (Wildman–Crippen LogP) is 16.7. The number of rotatable bonds is 6. The molecule has 0 atom stereocenters. The summed E-state index contributed by atoms with van der Waals surface area (Å²) in [4.78, 5) is 2.45. The second-order valence-electron chi connectivity index (χ2n) is 15.3. The zero-order valence-electron chi connectivity index (χ0n) is 32.0. The van der Waals surface area contributed by atoms with Crippen molar-refractivity contribution in [2.45, 2.75) is 0 Å². The number of hydrogen-bond donors (Lipinski definition) is 0. The van der Waals surface area contributed by atoms with Crippen molar-refractivity contribution in [2.75, 3.05) is 4.90 Å². The molecule has 0 aliphatic carbocycles. The van der Waals surface area contributed by atoms with Gasteiger partial charge in [-0.1, -0.05) is 146 Å². The monoisotopic (exact) mass is 769 g/mol. The van der Waals surface area contributed by atoms with Crippen molar-refractivity contribution in [3.8, 4) is 33.4 Å². The first-order chi connectivity index (χ1) is 29.2. The van der Waals surface area contributed by atoms with Gasteiger partial charge in [-0.25, -0.2) is 0 Å². The molecule has 10 aromatic carbocycles. The largest absolute Gasteiger partial charge is 0.456 e. The third kappa shape index (κ3) is 5.62. The fraction of sp³-hybridized carbons (Fsp3) is 0. The van der Waals surface area contributed by atoms with Crippen LogP contribution in [-0.2, 0) is 0 Å². The number of hydrogen-bond acceptors (Lipinski definition) is 3. The zero-order chi connectivity index (χ0) is 38.9. The van der Waals surface area contributed by atoms with Crippen LogP contribution in [0.5, 0.6) is 0 Å². The average Bonchev–Trinajstić information content (AvgIpc) is 3.88. The van der Waals surface area contributed by atoms with Crippen LogP contribution in [0.2, 0.25) is 0 Å². The molecule has 2 heterocycles. The van der Waals surface area contributed by atoms with Crippen molar-refractivity contribution in [1.82, 2.24) is 0 Å². The Morgan fingerprint density at radius 3 is 1.83 bits per heavy atom. The van der Waals surface area contributed by atoms with Crippen molar-refractivity contribution < 1.29 is 4.42 Å². The van der Waals surface area contributed by atoms with Gasteiger partial charge in [0, 0.05) is 37.6 Å². The van der Waals surface area contributed by atoms with Crippen molar-refractivity contribution in [2.24, 2.45) is 0 Å². The van der Waals surface area contributed by atoms with E-state index in [4.69, 9.17) is 4.42 Å². The van der Waals surface area contributed by atoms with Crippen LogP contribution in [0.25, 0.3) is 97.0 Å². The number of benzene rings is 10. The SMILES string of the molecule is c1ccc(-c2cc(-c3ccc4c(c3)oc3ccccc34)cc(N(c3ccc(-c4cc5ccccc5c5ccccc45)cc3)c3cccc4c3sc3ccccc34)c2)cc1. The van der Waals surface area contributed by atoms with E-state index < -0.39 is 0 Å². The Balaban J connectivity index is 1.08. The highest BCUT2D eigenvalue weighted by molar-refractivity contribution is 7.26. The summed E-state index contributed by atoms with van der Waals surface area (Å²) in [6.45, 7) is 0. The van der Waals surface area contributed by atoms with Gasteiger partial charge in [-0.2, -0.15) is 0 Å². The van der Waals surface area contributed by atoms with E-state index in [1.165, 1.54) is 58.4 Å². The molecule has 2 aromatic heterocycles. The molecule has 276 valence electrons. The molecule has 0 fully saturated rings. The lowest BCUT2D eigenvalue weighted by molar-refractivity contribution is 0.669. The minimum absolute atomic E-state index is 0.888. The molecule has 0 aliphatic rings. The van der Waals surface area contributed by atoms with E-state index in [1.807, 2.05) is 23.5 Å². The highest BCUT2D eigenvalue weighted by atomic mass is 32.1. The fourth-order valence-electron chi connectivity index (χ4n) is 9.03. The Morgan fingerprint density at radius 1 is 0.339 bits per heavy atom. The summed E-state index contributed by atoms with van der Waals surface area (Å²) in [5.41, 5.74) is 12.1. The lowest BCUT2D eigenvalue weighted by Gasteiger charge is -2.27. The van der Waals surface area contributed by atoms with Crippen LogP contribution in [0.4, 0.5) is 17.1 Å². The van der Waals surface area contributed by atoms with Crippen molar-refractivity contribution in [3.05, 3.63) is 212 Å². The van der Waals surface area contributed by atoms with E-state index >= 15 is 0 Å². The van der Waals surface area contributed by atoms with Gasteiger partial charge in [-0.15, -0.1) is 11.3 Å². The van der Waals surface area contributed by atoms with Crippen LogP contribution in [0.15, 0.2) is 217 Å². The molecule has 3 heteroatoms. The van der Waals surface area contributed by atoms with Gasteiger partial charge < -0.3 is 9.32 Å². The number of anilines is 3. The number of fused-ring (bicyclic) bond motifs is 9. The number of thiophene rings is 1. The molecule has 0 radical (unpaired) electrons. The third-order valence-corrected chi connectivity index (χ3v) is 13.0. The van der Waals surface area contributed by atoms with E-state index in [2.05, 4.69) is 205 Å². The van der Waals surface area contributed by atoms with Gasteiger partial charge in [0.2, 0.25) is 0 Å². The summed E-state index contributed by atoms with van der Waals surface area (Å²) < 4.78 is 8.95. The van der Waals surface area contributed by atoms with E-state index in [0.29, 0.717) is 0 Å². The molecule has 59 heavy (non-hydrogen) atoms. The van der Waals surface area contributed by atoms with Crippen LogP contribution in [0.3, 0.4) is 0 Å². The summed E-state index contributed by atoms with van der Waals surface area (Å²) in [5, 5.41) is 9.86. The first kappa shape index (κ1) is 33.7. The van der Waals surface area contributed by atoms with Crippen LogP contribution < -0.4 is 4.90 Å². The lowest BCUT2D eigenvalue weighted by atomic mass is 9.93. The highest BCUT2D eigenvalue weighted by Gasteiger charge is 2.21. The first-order valence-corrected chi connectivity index (χ1v) is 20.9. The van der Waals surface area contributed by atoms with Crippen molar-refractivity contribution in [1.29, 1.82) is 0 Å². The van der Waals surface area contributed by atoms with Gasteiger partial charge in [-0.05, 0) is 122 Å². The van der Waals surface area contributed by atoms with Gasteiger partial charge in [0.15, 0.2) is 0 Å². The molecule has 0 saturated carbocycles. The Kier molecular flexibility index (Phi) is 7.75. The van der Waals surface area contributed by atoms with Crippen molar-refractivity contribution in [3.63, 3.8) is 0 Å². The Labute approximate surface area is 345 Å². The molecular formula is C56H35NOS. The molecule has 0 unspecified atom stereocenters. The first-order valence-electron chi connectivity index (χ1n) is 20.1. The maximum atomic E-state index is 6.41. The average molecular weight is 770 g/mol. The summed E-state index contributed by atoms with van der Waals surface area (Å²) >= 11 is 1.86. The summed E-state index contributed by atoms with van der Waals surface area (Å²) in [6.07, 6.45) is 0. The molecular weight excluding hydrogens is 735 g/mol. The molecule has 0 aliphatic heterocycles. The van der Waals surface area contributed by atoms with Gasteiger partial charge in [0.1, 0.15) is 11.2 Å². The molecule has 0 bridgehead atoms. The Bertz CT molecular complexity index is 3560. The topological polar surface area (TPSA) is 16.4 Å². The molecule has 12 rings (SSSR count). The lowest BCUT2D eigenvalue weighted by Crippen LogP contribution is -2.10. The standard InChI is InChI=1S/C56H35NOS/c1-2-13-36(14-3-1)40-31-41(38-27-30-48-47-19-8-10-23-53(47)58-54(48)35-38)33-43(32-40)57(52-22-12-21-50-49-20-9-11-24-55(49)59-56(50)52)42-28-25-37(26-29-42)51-34-39-15-4-5-16-44(39)45-17-6-7-18-46(45)51/h1-35H. The zero-order valence-corrected chi connectivity index (χ0v) is 32.8. The molecule has 0 saturated heterocycles. The second-order valence-corrected chi connectivity index (χ2v) is 16.3. The fourth-order valence-corrected chi connectivity index (χ4v) is 10.2. The van der Waals surface area contributed by atoms with Gasteiger partial charge in [-0.3, -0.25) is 0 Å². The summed E-state index contributed by atoms with van der Waals surface area (Å²) in [7, 11) is 0. The van der Waals surface area contributed by atoms with Crippen LogP contribution >= 0.6 is 11.3 Å². The molecule has 12 aromatic rings. The maximum absolute atomic E-state index is 6.41. The van der Waals surface area contributed by atoms with Gasteiger partial charge in [0.25, 0.3) is 0 Å². The Hall–Kier alpha value is -7.46.